The molecule has 8 nitrogen and oxygen atoms in total. The van der Waals surface area contributed by atoms with Crippen LogP contribution in [0.25, 0.3) is 0 Å². The van der Waals surface area contributed by atoms with Crippen molar-refractivity contribution in [3.05, 3.63) is 54.8 Å². The largest absolute Gasteiger partial charge is 0.367 e. The second-order valence-electron chi connectivity index (χ2n) is 5.23. The molecule has 10 heteroatoms. The first-order chi connectivity index (χ1) is 11.5. The van der Waals surface area contributed by atoms with Gasteiger partial charge >= 0.3 is 5.69 Å². The quantitative estimate of drug-likeness (QED) is 0.812. The third kappa shape index (κ3) is 3.29. The van der Waals surface area contributed by atoms with Gasteiger partial charge in [-0.2, -0.15) is 5.10 Å². The molecule has 3 rings (SSSR count). The van der Waals surface area contributed by atoms with Crippen LogP contribution in [-0.4, -0.2) is 52.2 Å². The number of benzene rings is 1. The van der Waals surface area contributed by atoms with Gasteiger partial charge in [-0.3, -0.25) is 14.6 Å². The summed E-state index contributed by atoms with van der Waals surface area (Å²) in [4.78, 5) is 40.5. The summed E-state index contributed by atoms with van der Waals surface area (Å²) in [5, 5.41) is 6.69. The van der Waals surface area contributed by atoms with Crippen LogP contribution in [0.1, 0.15) is 10.5 Å². The predicted octanol–water partition coefficient (Wildman–Crippen LogP) is 0.727. The zero-order chi connectivity index (χ0) is 17.3. The van der Waals surface area contributed by atoms with E-state index in [0.29, 0.717) is 36.2 Å². The van der Waals surface area contributed by atoms with Crippen molar-refractivity contribution in [1.82, 2.24) is 20.1 Å². The molecule has 1 aromatic carbocycles. The normalized spacial score (nSPS) is 14.8. The van der Waals surface area contributed by atoms with Gasteiger partial charge in [-0.1, -0.05) is 23.2 Å². The lowest BCUT2D eigenvalue weighted by Crippen LogP contribution is -2.50. The number of nitrogens with one attached hydrogen (secondary N) is 2. The van der Waals surface area contributed by atoms with E-state index in [1.54, 1.807) is 12.1 Å². The molecule has 1 amide bonds. The van der Waals surface area contributed by atoms with Crippen LogP contribution >= 0.6 is 23.2 Å². The number of nitrogens with zero attached hydrogens (tertiary/aromatic N) is 3. The van der Waals surface area contributed by atoms with Crippen LogP contribution in [0.4, 0.5) is 5.69 Å². The number of halogens is 2. The van der Waals surface area contributed by atoms with E-state index in [-0.39, 0.29) is 5.69 Å². The van der Waals surface area contributed by atoms with Crippen molar-refractivity contribution >= 4 is 34.8 Å². The van der Waals surface area contributed by atoms with Crippen LogP contribution in [0.15, 0.2) is 27.8 Å². The van der Waals surface area contributed by atoms with E-state index in [4.69, 9.17) is 23.2 Å². The minimum Gasteiger partial charge on any atom is -0.367 e. The highest BCUT2D eigenvalue weighted by Gasteiger charge is 2.26. The van der Waals surface area contributed by atoms with Crippen LogP contribution in [-0.2, 0) is 0 Å². The Morgan fingerprint density at radius 3 is 2.46 bits per heavy atom. The Morgan fingerprint density at radius 1 is 1.12 bits per heavy atom. The molecule has 126 valence electrons. The van der Waals surface area contributed by atoms with Gasteiger partial charge in [0.05, 0.1) is 10.7 Å². The summed E-state index contributed by atoms with van der Waals surface area (Å²) >= 11 is 12.1. The van der Waals surface area contributed by atoms with Crippen LogP contribution in [0, 0.1) is 0 Å². The molecular formula is C14H13Cl2N5O3. The fourth-order valence-corrected chi connectivity index (χ4v) is 3.06. The Balaban J connectivity index is 1.71. The number of piperazine rings is 1. The Morgan fingerprint density at radius 2 is 1.83 bits per heavy atom. The van der Waals surface area contributed by atoms with Gasteiger partial charge in [0, 0.05) is 31.2 Å². The Bertz CT molecular complexity index is 886. The zero-order valence-electron chi connectivity index (χ0n) is 12.4. The van der Waals surface area contributed by atoms with Gasteiger partial charge < -0.3 is 9.80 Å². The summed E-state index contributed by atoms with van der Waals surface area (Å²) in [6, 6.07) is 5.25. The van der Waals surface area contributed by atoms with Gasteiger partial charge in [0.25, 0.3) is 11.5 Å². The molecule has 24 heavy (non-hydrogen) atoms. The topological polar surface area (TPSA) is 102 Å². The van der Waals surface area contributed by atoms with Gasteiger partial charge in [0.1, 0.15) is 0 Å². The van der Waals surface area contributed by atoms with Crippen LogP contribution in [0.5, 0.6) is 0 Å². The van der Waals surface area contributed by atoms with E-state index in [2.05, 4.69) is 10.2 Å². The predicted molar refractivity (Wildman–Crippen MR) is 90.1 cm³/mol. The second-order valence-corrected chi connectivity index (χ2v) is 6.07. The average molecular weight is 370 g/mol. The third-order valence-electron chi connectivity index (χ3n) is 3.73. The van der Waals surface area contributed by atoms with E-state index >= 15 is 0 Å². The lowest BCUT2D eigenvalue weighted by Gasteiger charge is -2.36. The second kappa shape index (κ2) is 6.66. The van der Waals surface area contributed by atoms with E-state index in [1.165, 1.54) is 4.90 Å². The molecule has 1 aliphatic rings. The number of rotatable bonds is 2. The number of amides is 1. The van der Waals surface area contributed by atoms with Crippen molar-refractivity contribution < 1.29 is 4.79 Å². The lowest BCUT2D eigenvalue weighted by molar-refractivity contribution is 0.0737. The molecule has 0 radical (unpaired) electrons. The molecule has 1 saturated heterocycles. The highest BCUT2D eigenvalue weighted by molar-refractivity contribution is 6.36. The lowest BCUT2D eigenvalue weighted by atomic mass is 10.2. The minimum atomic E-state index is -0.799. The fraction of sp³-hybridized carbons (Fsp3) is 0.286. The standard InChI is InChI=1S/C14H13Cl2N5O3/c15-8-1-2-10(9(16)7-8)20-3-5-21(6-4-20)13(23)11-12(22)17-14(24)19-18-11/h1-2,7H,3-6H2,(H2,17,19,22,24). The van der Waals surface area contributed by atoms with Crippen molar-refractivity contribution in [2.24, 2.45) is 0 Å². The maximum Gasteiger partial charge on any atom is 0.342 e. The molecule has 0 aliphatic carbocycles. The van der Waals surface area contributed by atoms with E-state index < -0.39 is 17.2 Å². The molecule has 1 fully saturated rings. The SMILES string of the molecule is O=C(c1n[nH]c(=O)[nH]c1=O)N1CCN(c2ccc(Cl)cc2Cl)CC1. The number of hydrogen-bond donors (Lipinski definition) is 2. The van der Waals surface area contributed by atoms with Crippen molar-refractivity contribution in [2.45, 2.75) is 0 Å². The van der Waals surface area contributed by atoms with Gasteiger partial charge in [-0.05, 0) is 18.2 Å². The highest BCUT2D eigenvalue weighted by atomic mass is 35.5. The molecule has 0 unspecified atom stereocenters. The summed E-state index contributed by atoms with van der Waals surface area (Å²) in [7, 11) is 0. The molecule has 2 aromatic rings. The molecule has 0 spiro atoms. The first-order valence-electron chi connectivity index (χ1n) is 7.14. The average Bonchev–Trinajstić information content (AvgIpc) is 2.54. The highest BCUT2D eigenvalue weighted by Crippen LogP contribution is 2.29. The van der Waals surface area contributed by atoms with E-state index in [0.717, 1.165) is 5.69 Å². The van der Waals surface area contributed by atoms with E-state index in [1.807, 2.05) is 16.0 Å². The molecule has 0 bridgehead atoms. The number of aromatic nitrogens is 3. The summed E-state index contributed by atoms with van der Waals surface area (Å²) < 4.78 is 0. The minimum absolute atomic E-state index is 0.326. The molecule has 0 saturated carbocycles. The van der Waals surface area contributed by atoms with E-state index in [9.17, 15) is 14.4 Å². The number of hydrogen-bond acceptors (Lipinski definition) is 5. The number of aromatic amines is 2. The Hall–Kier alpha value is -2.32. The van der Waals surface area contributed by atoms with Crippen molar-refractivity contribution in [3.63, 3.8) is 0 Å². The maximum absolute atomic E-state index is 12.3. The molecule has 0 atom stereocenters. The zero-order valence-corrected chi connectivity index (χ0v) is 13.9. The third-order valence-corrected chi connectivity index (χ3v) is 4.27. The molecular weight excluding hydrogens is 357 g/mol. The molecule has 2 N–H and O–H groups in total. The number of carbonyl (C=O) groups is 1. The number of carbonyl (C=O) groups excluding carboxylic acids is 1. The van der Waals surface area contributed by atoms with Crippen LogP contribution in [0.3, 0.4) is 0 Å². The summed E-state index contributed by atoms with van der Waals surface area (Å²) in [6.07, 6.45) is 0. The first kappa shape index (κ1) is 16.5. The molecule has 1 aliphatic heterocycles. The molecule has 1 aromatic heterocycles. The first-order valence-corrected chi connectivity index (χ1v) is 7.89. The maximum atomic E-state index is 12.3. The van der Waals surface area contributed by atoms with Gasteiger partial charge in [-0.25, -0.2) is 9.89 Å². The van der Waals surface area contributed by atoms with Gasteiger partial charge in [0.15, 0.2) is 0 Å². The van der Waals surface area contributed by atoms with Gasteiger partial charge in [0.2, 0.25) is 5.69 Å². The van der Waals surface area contributed by atoms with Crippen molar-refractivity contribution in [2.75, 3.05) is 31.1 Å². The number of anilines is 1. The Labute approximate surface area is 146 Å². The Kier molecular flexibility index (Phi) is 4.59. The molecule has 2 heterocycles. The summed E-state index contributed by atoms with van der Waals surface area (Å²) in [6.45, 7) is 1.90. The summed E-state index contributed by atoms with van der Waals surface area (Å²) in [5.41, 5.74) is -1.04. The smallest absolute Gasteiger partial charge is 0.342 e. The van der Waals surface area contributed by atoms with Crippen molar-refractivity contribution in [3.8, 4) is 0 Å². The van der Waals surface area contributed by atoms with Crippen LogP contribution in [0.2, 0.25) is 10.0 Å². The van der Waals surface area contributed by atoms with Crippen molar-refractivity contribution in [1.29, 1.82) is 0 Å². The van der Waals surface area contributed by atoms with Crippen LogP contribution < -0.4 is 16.1 Å². The fourth-order valence-electron chi connectivity index (χ4n) is 2.53. The van der Waals surface area contributed by atoms with Gasteiger partial charge in [-0.15, -0.1) is 0 Å². The number of H-pyrrole nitrogens is 2. The summed E-state index contributed by atoms with van der Waals surface area (Å²) in [5.74, 6) is -0.519. The monoisotopic (exact) mass is 369 g/mol.